The van der Waals surface area contributed by atoms with Gasteiger partial charge >= 0.3 is 0 Å². The van der Waals surface area contributed by atoms with Crippen LogP contribution in [-0.2, 0) is 5.41 Å². The van der Waals surface area contributed by atoms with Crippen molar-refractivity contribution in [1.82, 2.24) is 19.7 Å². The van der Waals surface area contributed by atoms with Crippen molar-refractivity contribution >= 4 is 23.3 Å². The minimum Gasteiger partial charge on any atom is -0.306 e. The number of nitrogens with zero attached hydrogens (tertiary/aromatic N) is 3. The lowest BCUT2D eigenvalue weighted by Crippen LogP contribution is -2.19. The summed E-state index contributed by atoms with van der Waals surface area (Å²) in [6.07, 6.45) is 0. The first-order valence-electron chi connectivity index (χ1n) is 8.50. The van der Waals surface area contributed by atoms with E-state index in [1.807, 2.05) is 20.8 Å². The van der Waals surface area contributed by atoms with E-state index in [4.69, 9.17) is 11.6 Å². The summed E-state index contributed by atoms with van der Waals surface area (Å²) in [7, 11) is 0. The number of aryl methyl sites for hydroxylation is 1. The Morgan fingerprint density at radius 1 is 1.25 bits per heavy atom. The van der Waals surface area contributed by atoms with Gasteiger partial charge in [0.2, 0.25) is 5.95 Å². The maximum atomic E-state index is 13.3. The molecule has 9 heteroatoms. The van der Waals surface area contributed by atoms with Gasteiger partial charge in [-0.1, -0.05) is 32.4 Å². The maximum absolute atomic E-state index is 13.3. The second-order valence-corrected chi connectivity index (χ2v) is 7.77. The number of hydrogen-bond donors (Lipinski definition) is 2. The zero-order chi connectivity index (χ0) is 20.6. The highest BCUT2D eigenvalue weighted by Gasteiger charge is 2.23. The van der Waals surface area contributed by atoms with Crippen molar-refractivity contribution in [3.05, 3.63) is 68.5 Å². The molecule has 28 heavy (non-hydrogen) atoms. The molecule has 2 N–H and O–H groups in total. The number of nitrogens with one attached hydrogen (secondary N) is 2. The van der Waals surface area contributed by atoms with Gasteiger partial charge in [-0.2, -0.15) is 9.78 Å². The number of amides is 1. The molecular formula is C19H19ClFN5O2. The van der Waals surface area contributed by atoms with Crippen molar-refractivity contribution in [2.75, 3.05) is 5.32 Å². The third-order valence-electron chi connectivity index (χ3n) is 3.95. The van der Waals surface area contributed by atoms with Crippen LogP contribution in [0.3, 0.4) is 0 Å². The molecule has 0 aliphatic heterocycles. The van der Waals surface area contributed by atoms with Gasteiger partial charge in [0, 0.05) is 23.2 Å². The minimum atomic E-state index is -0.540. The summed E-state index contributed by atoms with van der Waals surface area (Å²) < 4.78 is 14.6. The molecule has 0 saturated carbocycles. The smallest absolute Gasteiger partial charge is 0.258 e. The summed E-state index contributed by atoms with van der Waals surface area (Å²) >= 11 is 5.98. The fraction of sp³-hybridized carbons (Fsp3) is 0.263. The molecule has 0 atom stereocenters. The molecule has 0 aliphatic rings. The molecule has 0 aliphatic carbocycles. The number of carbonyl (C=O) groups is 1. The highest BCUT2D eigenvalue weighted by Crippen LogP contribution is 2.26. The van der Waals surface area contributed by atoms with E-state index in [1.165, 1.54) is 16.8 Å². The molecule has 1 amide bonds. The average molecular weight is 404 g/mol. The van der Waals surface area contributed by atoms with Crippen LogP contribution < -0.4 is 10.9 Å². The van der Waals surface area contributed by atoms with Crippen molar-refractivity contribution in [1.29, 1.82) is 0 Å². The molecule has 3 rings (SSSR count). The van der Waals surface area contributed by atoms with Gasteiger partial charge in [-0.25, -0.2) is 9.37 Å². The first-order chi connectivity index (χ1) is 13.0. The van der Waals surface area contributed by atoms with Crippen molar-refractivity contribution in [3.8, 4) is 5.95 Å². The van der Waals surface area contributed by atoms with Crippen molar-refractivity contribution in [3.63, 3.8) is 0 Å². The van der Waals surface area contributed by atoms with Gasteiger partial charge in [0.15, 0.2) is 0 Å². The van der Waals surface area contributed by atoms with E-state index in [1.54, 1.807) is 13.0 Å². The summed E-state index contributed by atoms with van der Waals surface area (Å²) in [5.74, 6) is -0.616. The fourth-order valence-electron chi connectivity index (χ4n) is 2.52. The Balaban J connectivity index is 2.07. The van der Waals surface area contributed by atoms with E-state index in [2.05, 4.69) is 20.4 Å². The van der Waals surface area contributed by atoms with Crippen LogP contribution in [-0.4, -0.2) is 25.7 Å². The van der Waals surface area contributed by atoms with Crippen LogP contribution in [0, 0.1) is 12.7 Å². The predicted octanol–water partition coefficient (Wildman–Crippen LogP) is 3.61. The largest absolute Gasteiger partial charge is 0.306 e. The quantitative estimate of drug-likeness (QED) is 0.698. The Bertz CT molecular complexity index is 1110. The molecule has 2 heterocycles. The van der Waals surface area contributed by atoms with Gasteiger partial charge in [-0.05, 0) is 25.1 Å². The summed E-state index contributed by atoms with van der Waals surface area (Å²) in [4.78, 5) is 31.4. The second kappa shape index (κ2) is 7.20. The lowest BCUT2D eigenvalue weighted by Gasteiger charge is -2.13. The lowest BCUT2D eigenvalue weighted by molar-refractivity contribution is 0.102. The third-order valence-corrected chi connectivity index (χ3v) is 4.27. The van der Waals surface area contributed by atoms with Crippen molar-refractivity contribution in [2.45, 2.75) is 33.1 Å². The number of rotatable bonds is 3. The van der Waals surface area contributed by atoms with Crippen LogP contribution in [0.15, 0.2) is 35.1 Å². The van der Waals surface area contributed by atoms with Crippen LogP contribution >= 0.6 is 11.6 Å². The predicted molar refractivity (Wildman–Crippen MR) is 105 cm³/mol. The number of aromatic nitrogens is 4. The van der Waals surface area contributed by atoms with Crippen LogP contribution in [0.2, 0.25) is 5.02 Å². The number of carbonyl (C=O) groups excluding carboxylic acids is 1. The van der Waals surface area contributed by atoms with Crippen LogP contribution in [0.4, 0.5) is 10.2 Å². The molecule has 0 fully saturated rings. The number of halogens is 2. The molecule has 0 radical (unpaired) electrons. The summed E-state index contributed by atoms with van der Waals surface area (Å²) in [5, 5.41) is 7.19. The Labute approximate surface area is 165 Å². The number of H-pyrrole nitrogens is 1. The molecule has 7 nitrogen and oxygen atoms in total. The lowest BCUT2D eigenvalue weighted by atomic mass is 9.92. The molecule has 0 unspecified atom stereocenters. The SMILES string of the molecule is Cc1cc(=O)[nH]c(-n2nc(C(C)(C)C)cc2NC(=O)c2ccc(F)cc2Cl)n1. The molecule has 2 aromatic heterocycles. The summed E-state index contributed by atoms with van der Waals surface area (Å²) in [5.41, 5.74) is 0.637. The second-order valence-electron chi connectivity index (χ2n) is 7.37. The standard InChI is InChI=1S/C19H19ClFN5O2/c1-10-7-16(27)24-18(22-10)26-15(9-14(25-26)19(2,3)4)23-17(28)12-6-5-11(21)8-13(12)20/h5-9H,1-4H3,(H,23,28)(H,22,24,27). The van der Waals surface area contributed by atoms with E-state index in [0.717, 1.165) is 12.1 Å². The molecule has 0 saturated heterocycles. The summed E-state index contributed by atoms with van der Waals surface area (Å²) in [6.45, 7) is 7.58. The molecular weight excluding hydrogens is 385 g/mol. The van der Waals surface area contributed by atoms with E-state index < -0.39 is 11.7 Å². The fourth-order valence-corrected chi connectivity index (χ4v) is 2.77. The topological polar surface area (TPSA) is 92.7 Å². The van der Waals surface area contributed by atoms with Gasteiger partial charge in [-0.15, -0.1) is 0 Å². The zero-order valence-electron chi connectivity index (χ0n) is 15.8. The monoisotopic (exact) mass is 403 g/mol. The van der Waals surface area contributed by atoms with Crippen molar-refractivity contribution in [2.24, 2.45) is 0 Å². The molecule has 146 valence electrons. The van der Waals surface area contributed by atoms with Crippen LogP contribution in [0.25, 0.3) is 5.95 Å². The molecule has 0 bridgehead atoms. The van der Waals surface area contributed by atoms with Gasteiger partial charge in [0.25, 0.3) is 11.5 Å². The minimum absolute atomic E-state index is 0.0123. The highest BCUT2D eigenvalue weighted by molar-refractivity contribution is 6.34. The maximum Gasteiger partial charge on any atom is 0.258 e. The Morgan fingerprint density at radius 3 is 2.57 bits per heavy atom. The van der Waals surface area contributed by atoms with Gasteiger partial charge in [0.05, 0.1) is 16.3 Å². The highest BCUT2D eigenvalue weighted by atomic mass is 35.5. The van der Waals surface area contributed by atoms with E-state index >= 15 is 0 Å². The molecule has 3 aromatic rings. The Hall–Kier alpha value is -3.00. The first kappa shape index (κ1) is 19.8. The number of aromatic amines is 1. The van der Waals surface area contributed by atoms with E-state index in [-0.39, 0.29) is 27.5 Å². The molecule has 1 aromatic carbocycles. The zero-order valence-corrected chi connectivity index (χ0v) is 16.6. The summed E-state index contributed by atoms with van der Waals surface area (Å²) in [6, 6.07) is 6.56. The Kier molecular flexibility index (Phi) is 5.08. The van der Waals surface area contributed by atoms with Crippen LogP contribution in [0.5, 0.6) is 0 Å². The normalized spacial score (nSPS) is 11.5. The van der Waals surface area contributed by atoms with Gasteiger partial charge in [-0.3, -0.25) is 14.6 Å². The van der Waals surface area contributed by atoms with Crippen LogP contribution in [0.1, 0.15) is 42.5 Å². The third kappa shape index (κ3) is 4.12. The van der Waals surface area contributed by atoms with Gasteiger partial charge in [0.1, 0.15) is 11.6 Å². The Morgan fingerprint density at radius 2 is 1.96 bits per heavy atom. The van der Waals surface area contributed by atoms with Gasteiger partial charge < -0.3 is 5.32 Å². The number of hydrogen-bond acceptors (Lipinski definition) is 4. The van der Waals surface area contributed by atoms with Crippen molar-refractivity contribution < 1.29 is 9.18 Å². The molecule has 0 spiro atoms. The number of benzene rings is 1. The van der Waals surface area contributed by atoms with E-state index in [9.17, 15) is 14.0 Å². The first-order valence-corrected chi connectivity index (χ1v) is 8.87. The average Bonchev–Trinajstić information content (AvgIpc) is 2.97. The number of anilines is 1. The van der Waals surface area contributed by atoms with E-state index in [0.29, 0.717) is 17.2 Å².